The summed E-state index contributed by atoms with van der Waals surface area (Å²) in [6.45, 7) is 2.90. The van der Waals surface area contributed by atoms with Crippen molar-refractivity contribution in [3.8, 4) is 0 Å². The zero-order chi connectivity index (χ0) is 13.5. The number of para-hydroxylation sites is 1. The molecule has 0 fully saturated rings. The van der Waals surface area contributed by atoms with E-state index in [-0.39, 0.29) is 12.5 Å². The summed E-state index contributed by atoms with van der Waals surface area (Å²) in [6.07, 6.45) is 0. The number of hydrogen-bond donors (Lipinski definition) is 2. The Hall–Kier alpha value is -2.29. The maximum Gasteiger partial charge on any atom is 0.239 e. The highest BCUT2D eigenvalue weighted by Crippen LogP contribution is 2.04. The van der Waals surface area contributed by atoms with Crippen LogP contribution < -0.4 is 10.6 Å². The molecule has 2 aromatic carbocycles. The van der Waals surface area contributed by atoms with Crippen LogP contribution in [0.2, 0.25) is 0 Å². The summed E-state index contributed by atoms with van der Waals surface area (Å²) in [4.78, 5) is 11.7. The van der Waals surface area contributed by atoms with Crippen molar-refractivity contribution < 1.29 is 4.79 Å². The molecule has 0 aromatic heterocycles. The molecule has 3 nitrogen and oxygen atoms in total. The van der Waals surface area contributed by atoms with Crippen molar-refractivity contribution in [1.29, 1.82) is 0 Å². The van der Waals surface area contributed by atoms with Gasteiger partial charge < -0.3 is 10.6 Å². The van der Waals surface area contributed by atoms with Crippen LogP contribution in [0.4, 0.5) is 5.69 Å². The molecule has 3 heteroatoms. The Bertz CT molecular complexity index is 537. The fraction of sp³-hybridized carbons (Fsp3) is 0.188. The molecule has 2 aromatic rings. The van der Waals surface area contributed by atoms with Crippen molar-refractivity contribution >= 4 is 11.6 Å². The van der Waals surface area contributed by atoms with E-state index in [1.807, 2.05) is 55.5 Å². The van der Waals surface area contributed by atoms with Crippen LogP contribution in [0.1, 0.15) is 11.1 Å². The number of carbonyl (C=O) groups is 1. The molecule has 0 saturated heterocycles. The first-order valence-electron chi connectivity index (χ1n) is 6.35. The van der Waals surface area contributed by atoms with Gasteiger partial charge in [0.25, 0.3) is 0 Å². The second-order valence-corrected chi connectivity index (χ2v) is 4.49. The highest BCUT2D eigenvalue weighted by molar-refractivity contribution is 5.80. The monoisotopic (exact) mass is 254 g/mol. The van der Waals surface area contributed by atoms with Crippen LogP contribution in [0.25, 0.3) is 0 Å². The van der Waals surface area contributed by atoms with E-state index in [0.29, 0.717) is 6.54 Å². The number of amides is 1. The van der Waals surface area contributed by atoms with Gasteiger partial charge in [0.1, 0.15) is 0 Å². The smallest absolute Gasteiger partial charge is 0.239 e. The van der Waals surface area contributed by atoms with E-state index < -0.39 is 0 Å². The van der Waals surface area contributed by atoms with Crippen molar-refractivity contribution in [3.05, 3.63) is 65.7 Å². The molecule has 0 radical (unpaired) electrons. The fourth-order valence-electron chi connectivity index (χ4n) is 1.82. The van der Waals surface area contributed by atoms with Gasteiger partial charge in [-0.2, -0.15) is 0 Å². The maximum absolute atomic E-state index is 11.7. The fourth-order valence-corrected chi connectivity index (χ4v) is 1.82. The minimum absolute atomic E-state index is 0.00893. The average molecular weight is 254 g/mol. The van der Waals surface area contributed by atoms with Crippen molar-refractivity contribution in [2.45, 2.75) is 13.5 Å². The summed E-state index contributed by atoms with van der Waals surface area (Å²) >= 11 is 0. The lowest BCUT2D eigenvalue weighted by atomic mass is 10.1. The Morgan fingerprint density at radius 2 is 1.84 bits per heavy atom. The predicted octanol–water partition coefficient (Wildman–Crippen LogP) is 2.72. The molecule has 0 aliphatic carbocycles. The van der Waals surface area contributed by atoms with Crippen molar-refractivity contribution in [1.82, 2.24) is 5.32 Å². The second kappa shape index (κ2) is 6.59. The third-order valence-electron chi connectivity index (χ3n) is 2.80. The third kappa shape index (κ3) is 4.47. The highest BCUT2D eigenvalue weighted by atomic mass is 16.1. The molecule has 0 spiro atoms. The summed E-state index contributed by atoms with van der Waals surface area (Å²) in [5.41, 5.74) is 3.27. The quantitative estimate of drug-likeness (QED) is 0.861. The molecule has 2 rings (SSSR count). The minimum atomic E-state index is -0.00893. The Morgan fingerprint density at radius 1 is 1.05 bits per heavy atom. The van der Waals surface area contributed by atoms with E-state index >= 15 is 0 Å². The zero-order valence-electron chi connectivity index (χ0n) is 11.0. The number of carbonyl (C=O) groups excluding carboxylic acids is 1. The van der Waals surface area contributed by atoms with E-state index in [1.165, 1.54) is 5.56 Å². The molecule has 1 amide bonds. The zero-order valence-corrected chi connectivity index (χ0v) is 11.0. The number of benzene rings is 2. The predicted molar refractivity (Wildman–Crippen MR) is 78.0 cm³/mol. The molecule has 0 atom stereocenters. The molecular weight excluding hydrogens is 236 g/mol. The number of hydrogen-bond acceptors (Lipinski definition) is 2. The number of nitrogens with one attached hydrogen (secondary N) is 2. The maximum atomic E-state index is 11.7. The number of rotatable bonds is 5. The van der Waals surface area contributed by atoms with Gasteiger partial charge in [-0.25, -0.2) is 0 Å². The third-order valence-corrected chi connectivity index (χ3v) is 2.80. The summed E-state index contributed by atoms with van der Waals surface area (Å²) in [7, 11) is 0. The average Bonchev–Trinajstić information content (AvgIpc) is 2.44. The van der Waals surface area contributed by atoms with Crippen LogP contribution >= 0.6 is 0 Å². The lowest BCUT2D eigenvalue weighted by Crippen LogP contribution is -2.29. The van der Waals surface area contributed by atoms with Gasteiger partial charge in [-0.3, -0.25) is 4.79 Å². The Kier molecular flexibility index (Phi) is 4.56. The van der Waals surface area contributed by atoms with Gasteiger partial charge in [-0.15, -0.1) is 0 Å². The lowest BCUT2D eigenvalue weighted by Gasteiger charge is -2.08. The van der Waals surface area contributed by atoms with Gasteiger partial charge in [0, 0.05) is 12.2 Å². The second-order valence-electron chi connectivity index (χ2n) is 4.49. The molecule has 98 valence electrons. The van der Waals surface area contributed by atoms with Crippen LogP contribution in [0.5, 0.6) is 0 Å². The topological polar surface area (TPSA) is 41.1 Å². The van der Waals surface area contributed by atoms with Crippen molar-refractivity contribution in [2.75, 3.05) is 11.9 Å². The van der Waals surface area contributed by atoms with Gasteiger partial charge in [-0.1, -0.05) is 48.0 Å². The molecular formula is C16H18N2O. The van der Waals surface area contributed by atoms with Crippen LogP contribution in [-0.2, 0) is 11.3 Å². The van der Waals surface area contributed by atoms with E-state index in [0.717, 1.165) is 11.3 Å². The minimum Gasteiger partial charge on any atom is -0.376 e. The summed E-state index contributed by atoms with van der Waals surface area (Å²) in [6, 6.07) is 17.8. The van der Waals surface area contributed by atoms with Crippen LogP contribution in [0, 0.1) is 6.92 Å². The van der Waals surface area contributed by atoms with Crippen LogP contribution in [0.15, 0.2) is 54.6 Å². The SMILES string of the molecule is Cc1cccc(CNC(=O)CNc2ccccc2)c1. The van der Waals surface area contributed by atoms with Crippen LogP contribution in [-0.4, -0.2) is 12.5 Å². The Balaban J connectivity index is 1.76. The van der Waals surface area contributed by atoms with E-state index in [1.54, 1.807) is 0 Å². The molecule has 0 aliphatic rings. The number of aryl methyl sites for hydroxylation is 1. The molecule has 2 N–H and O–H groups in total. The molecule has 0 bridgehead atoms. The Labute approximate surface area is 113 Å². The summed E-state index contributed by atoms with van der Waals surface area (Å²) in [5, 5.41) is 5.98. The van der Waals surface area contributed by atoms with Gasteiger partial charge in [0.15, 0.2) is 0 Å². The molecule has 19 heavy (non-hydrogen) atoms. The van der Waals surface area contributed by atoms with E-state index in [4.69, 9.17) is 0 Å². The van der Waals surface area contributed by atoms with Crippen molar-refractivity contribution in [3.63, 3.8) is 0 Å². The Morgan fingerprint density at radius 3 is 2.58 bits per heavy atom. The van der Waals surface area contributed by atoms with Crippen molar-refractivity contribution in [2.24, 2.45) is 0 Å². The van der Waals surface area contributed by atoms with Crippen LogP contribution in [0.3, 0.4) is 0 Å². The van der Waals surface area contributed by atoms with Gasteiger partial charge in [0.2, 0.25) is 5.91 Å². The molecule has 0 saturated carbocycles. The first-order valence-corrected chi connectivity index (χ1v) is 6.35. The van der Waals surface area contributed by atoms with Gasteiger partial charge >= 0.3 is 0 Å². The summed E-state index contributed by atoms with van der Waals surface area (Å²) in [5.74, 6) is -0.00893. The van der Waals surface area contributed by atoms with Gasteiger partial charge in [-0.05, 0) is 24.6 Å². The highest BCUT2D eigenvalue weighted by Gasteiger charge is 2.01. The standard InChI is InChI=1S/C16H18N2O/c1-13-6-5-7-14(10-13)11-18-16(19)12-17-15-8-3-2-4-9-15/h2-10,17H,11-12H2,1H3,(H,18,19). The largest absolute Gasteiger partial charge is 0.376 e. The molecule has 0 heterocycles. The normalized spacial score (nSPS) is 9.95. The van der Waals surface area contributed by atoms with E-state index in [2.05, 4.69) is 16.7 Å². The number of anilines is 1. The summed E-state index contributed by atoms with van der Waals surface area (Å²) < 4.78 is 0. The van der Waals surface area contributed by atoms with Gasteiger partial charge in [0.05, 0.1) is 6.54 Å². The first kappa shape index (κ1) is 13.1. The first-order chi connectivity index (χ1) is 9.24. The molecule has 0 aliphatic heterocycles. The van der Waals surface area contributed by atoms with E-state index in [9.17, 15) is 4.79 Å². The lowest BCUT2D eigenvalue weighted by molar-refractivity contribution is -0.119. The molecule has 0 unspecified atom stereocenters.